The van der Waals surface area contributed by atoms with Crippen LogP contribution in [0.1, 0.15) is 51.3 Å². The quantitative estimate of drug-likeness (QED) is 0.754. The number of hydrogen-bond donors (Lipinski definition) is 0. The molecule has 0 amide bonds. The summed E-state index contributed by atoms with van der Waals surface area (Å²) in [5.41, 5.74) is -0.0421. The SMILES string of the molecule is CC(C)(C)C(=O)Cc1ccc(C(C)(C)C)s1. The standard InChI is InChI=1S/C14H22OS/c1-13(2,3)11(15)9-10-7-8-12(16-10)14(4,5)6/h7-8H,9H2,1-6H3. The minimum atomic E-state index is -0.230. The Bertz CT molecular complexity index is 374. The third-order valence-electron chi connectivity index (χ3n) is 2.57. The summed E-state index contributed by atoms with van der Waals surface area (Å²) in [6.45, 7) is 12.5. The van der Waals surface area contributed by atoms with Gasteiger partial charge in [0, 0.05) is 21.6 Å². The van der Waals surface area contributed by atoms with E-state index in [0.717, 1.165) is 0 Å². The number of Topliss-reactive ketones (excluding diaryl/α,β-unsaturated/α-hetero) is 1. The van der Waals surface area contributed by atoms with Gasteiger partial charge < -0.3 is 0 Å². The van der Waals surface area contributed by atoms with Crippen molar-refractivity contribution in [2.75, 3.05) is 0 Å². The Morgan fingerprint density at radius 1 is 1.12 bits per heavy atom. The van der Waals surface area contributed by atoms with E-state index in [0.29, 0.717) is 12.2 Å². The molecule has 0 N–H and O–H groups in total. The van der Waals surface area contributed by atoms with Crippen LogP contribution < -0.4 is 0 Å². The molecule has 0 aliphatic heterocycles. The van der Waals surface area contributed by atoms with Gasteiger partial charge in [-0.1, -0.05) is 41.5 Å². The van der Waals surface area contributed by atoms with Crippen molar-refractivity contribution >= 4 is 17.1 Å². The Balaban J connectivity index is 2.78. The Morgan fingerprint density at radius 3 is 2.06 bits per heavy atom. The zero-order valence-electron chi connectivity index (χ0n) is 11.2. The van der Waals surface area contributed by atoms with Crippen LogP contribution in [0, 0.1) is 5.41 Å². The molecule has 0 spiro atoms. The van der Waals surface area contributed by atoms with Gasteiger partial charge in [-0.2, -0.15) is 0 Å². The van der Waals surface area contributed by atoms with Gasteiger partial charge in [0.25, 0.3) is 0 Å². The van der Waals surface area contributed by atoms with Crippen molar-refractivity contribution in [3.05, 3.63) is 21.9 Å². The van der Waals surface area contributed by atoms with Crippen LogP contribution in [-0.4, -0.2) is 5.78 Å². The van der Waals surface area contributed by atoms with Gasteiger partial charge in [0.15, 0.2) is 0 Å². The van der Waals surface area contributed by atoms with Crippen molar-refractivity contribution < 1.29 is 4.79 Å². The number of thiophene rings is 1. The molecule has 2 heteroatoms. The topological polar surface area (TPSA) is 17.1 Å². The van der Waals surface area contributed by atoms with E-state index in [1.54, 1.807) is 11.3 Å². The predicted octanol–water partition coefficient (Wildman–Crippen LogP) is 4.20. The zero-order valence-corrected chi connectivity index (χ0v) is 12.0. The lowest BCUT2D eigenvalue weighted by molar-refractivity contribution is -0.125. The van der Waals surface area contributed by atoms with Crippen molar-refractivity contribution in [1.82, 2.24) is 0 Å². The molecule has 1 aromatic heterocycles. The number of rotatable bonds is 2. The molecule has 0 saturated heterocycles. The molecule has 0 aromatic carbocycles. The normalized spacial score (nSPS) is 12.9. The first-order valence-corrected chi connectivity index (χ1v) is 6.55. The fourth-order valence-corrected chi connectivity index (χ4v) is 2.36. The summed E-state index contributed by atoms with van der Waals surface area (Å²) in [4.78, 5) is 14.4. The molecule has 0 unspecified atom stereocenters. The van der Waals surface area contributed by atoms with Gasteiger partial charge >= 0.3 is 0 Å². The second-order valence-corrected chi connectivity index (χ2v) is 7.53. The van der Waals surface area contributed by atoms with E-state index in [2.05, 4.69) is 32.9 Å². The minimum absolute atomic E-state index is 0.188. The summed E-state index contributed by atoms with van der Waals surface area (Å²) in [7, 11) is 0. The van der Waals surface area contributed by atoms with Crippen LogP contribution in [0.4, 0.5) is 0 Å². The molecule has 0 radical (unpaired) electrons. The van der Waals surface area contributed by atoms with E-state index in [1.165, 1.54) is 9.75 Å². The van der Waals surface area contributed by atoms with E-state index in [9.17, 15) is 4.79 Å². The van der Waals surface area contributed by atoms with Crippen LogP contribution in [0.25, 0.3) is 0 Å². The lowest BCUT2D eigenvalue weighted by Gasteiger charge is -2.16. The van der Waals surface area contributed by atoms with Crippen LogP contribution in [0.5, 0.6) is 0 Å². The molecule has 0 aliphatic carbocycles. The van der Waals surface area contributed by atoms with Crippen LogP contribution in [-0.2, 0) is 16.6 Å². The van der Waals surface area contributed by atoms with Crippen molar-refractivity contribution in [1.29, 1.82) is 0 Å². The van der Waals surface area contributed by atoms with Gasteiger partial charge in [0.1, 0.15) is 5.78 Å². The molecule has 0 fully saturated rings. The third kappa shape index (κ3) is 3.44. The first kappa shape index (κ1) is 13.4. The summed E-state index contributed by atoms with van der Waals surface area (Å²) in [6.07, 6.45) is 0.574. The highest BCUT2D eigenvalue weighted by molar-refractivity contribution is 7.12. The molecule has 16 heavy (non-hydrogen) atoms. The predicted molar refractivity (Wildman–Crippen MR) is 71.2 cm³/mol. The Kier molecular flexibility index (Phi) is 3.63. The van der Waals surface area contributed by atoms with Gasteiger partial charge in [-0.25, -0.2) is 0 Å². The lowest BCUT2D eigenvalue weighted by atomic mass is 9.89. The summed E-state index contributed by atoms with van der Waals surface area (Å²) in [6, 6.07) is 4.24. The fourth-order valence-electron chi connectivity index (χ4n) is 1.30. The average Bonchev–Trinajstić information content (AvgIpc) is 2.49. The maximum absolute atomic E-state index is 11.9. The van der Waals surface area contributed by atoms with Gasteiger partial charge in [0.2, 0.25) is 0 Å². The fraction of sp³-hybridized carbons (Fsp3) is 0.643. The van der Waals surface area contributed by atoms with Crippen molar-refractivity contribution in [3.63, 3.8) is 0 Å². The molecule has 90 valence electrons. The Hall–Kier alpha value is -0.630. The van der Waals surface area contributed by atoms with E-state index >= 15 is 0 Å². The first-order valence-electron chi connectivity index (χ1n) is 5.73. The molecule has 0 bridgehead atoms. The maximum atomic E-state index is 11.9. The highest BCUT2D eigenvalue weighted by Crippen LogP contribution is 2.30. The van der Waals surface area contributed by atoms with E-state index in [4.69, 9.17) is 0 Å². The van der Waals surface area contributed by atoms with Crippen LogP contribution in [0.15, 0.2) is 12.1 Å². The number of carbonyl (C=O) groups excluding carboxylic acids is 1. The van der Waals surface area contributed by atoms with Crippen LogP contribution >= 0.6 is 11.3 Å². The molecule has 0 atom stereocenters. The first-order chi connectivity index (χ1) is 7.10. The molecular weight excluding hydrogens is 216 g/mol. The summed E-state index contributed by atoms with van der Waals surface area (Å²) in [5, 5.41) is 0. The molecule has 0 aliphatic rings. The van der Waals surface area contributed by atoms with E-state index < -0.39 is 0 Å². The summed E-state index contributed by atoms with van der Waals surface area (Å²) >= 11 is 1.76. The molecule has 1 heterocycles. The molecule has 1 aromatic rings. The minimum Gasteiger partial charge on any atom is -0.299 e. The highest BCUT2D eigenvalue weighted by atomic mass is 32.1. The largest absolute Gasteiger partial charge is 0.299 e. The monoisotopic (exact) mass is 238 g/mol. The van der Waals surface area contributed by atoms with E-state index in [1.807, 2.05) is 20.8 Å². The molecule has 1 rings (SSSR count). The number of hydrogen-bond acceptors (Lipinski definition) is 2. The van der Waals surface area contributed by atoms with Crippen LogP contribution in [0.2, 0.25) is 0 Å². The Morgan fingerprint density at radius 2 is 1.69 bits per heavy atom. The number of ketones is 1. The van der Waals surface area contributed by atoms with Crippen molar-refractivity contribution in [2.24, 2.45) is 5.41 Å². The summed E-state index contributed by atoms with van der Waals surface area (Å²) in [5.74, 6) is 0.315. The smallest absolute Gasteiger partial charge is 0.143 e. The lowest BCUT2D eigenvalue weighted by Crippen LogP contribution is -2.21. The summed E-state index contributed by atoms with van der Waals surface area (Å²) < 4.78 is 0. The molecule has 0 saturated carbocycles. The van der Waals surface area contributed by atoms with Crippen molar-refractivity contribution in [3.8, 4) is 0 Å². The average molecular weight is 238 g/mol. The molecule has 1 nitrogen and oxygen atoms in total. The third-order valence-corrected chi connectivity index (χ3v) is 4.08. The maximum Gasteiger partial charge on any atom is 0.143 e. The van der Waals surface area contributed by atoms with Gasteiger partial charge in [-0.05, 0) is 17.5 Å². The van der Waals surface area contributed by atoms with Gasteiger partial charge in [-0.15, -0.1) is 11.3 Å². The number of carbonyl (C=O) groups is 1. The zero-order chi connectivity index (χ0) is 12.6. The van der Waals surface area contributed by atoms with E-state index in [-0.39, 0.29) is 10.8 Å². The highest BCUT2D eigenvalue weighted by Gasteiger charge is 2.23. The van der Waals surface area contributed by atoms with Gasteiger partial charge in [0.05, 0.1) is 0 Å². The second-order valence-electron chi connectivity index (χ2n) is 6.37. The second kappa shape index (κ2) is 4.33. The van der Waals surface area contributed by atoms with Crippen molar-refractivity contribution in [2.45, 2.75) is 53.4 Å². The molecular formula is C14H22OS. The van der Waals surface area contributed by atoms with Crippen LogP contribution in [0.3, 0.4) is 0 Å². The Labute approximate surface area is 103 Å². The van der Waals surface area contributed by atoms with Gasteiger partial charge in [-0.3, -0.25) is 4.79 Å².